The molecule has 3 unspecified atom stereocenters. The normalized spacial score (nSPS) is 33.4. The van der Waals surface area contributed by atoms with Crippen molar-refractivity contribution in [3.05, 3.63) is 23.8 Å². The SMILES string of the molecule is COc1ccc(CNCCCNCCCCNCCCN[C@H]2CC[C@]3(C)C4CC[C@@]5(C)C(CC[C@@H]5[C@H](C)CCCC(C)C)C4[C@@H](O)C[C@H]3C2)cc1O. The molecule has 0 aliphatic heterocycles. The minimum Gasteiger partial charge on any atom is -0.504 e. The molecule has 7 heteroatoms. The summed E-state index contributed by atoms with van der Waals surface area (Å²) in [6, 6.07) is 6.18. The summed E-state index contributed by atoms with van der Waals surface area (Å²) in [5.74, 6) is 5.88. The van der Waals surface area contributed by atoms with E-state index in [9.17, 15) is 10.2 Å². The lowest BCUT2D eigenvalue weighted by Gasteiger charge is -2.62. The maximum Gasteiger partial charge on any atom is 0.160 e. The Morgan fingerprint density at radius 3 is 2.15 bits per heavy atom. The number of methoxy groups -OCH3 is 1. The third-order valence-corrected chi connectivity index (χ3v) is 15.1. The van der Waals surface area contributed by atoms with Gasteiger partial charge >= 0.3 is 0 Å². The first-order valence-electron chi connectivity index (χ1n) is 22.0. The number of aliphatic hydroxyl groups excluding tert-OH is 1. The van der Waals surface area contributed by atoms with Gasteiger partial charge in [-0.25, -0.2) is 0 Å². The van der Waals surface area contributed by atoms with E-state index in [2.05, 4.69) is 55.9 Å². The second kappa shape index (κ2) is 20.0. The van der Waals surface area contributed by atoms with Gasteiger partial charge in [0.15, 0.2) is 11.5 Å². The summed E-state index contributed by atoms with van der Waals surface area (Å²) in [4.78, 5) is 0. The molecule has 6 N–H and O–H groups in total. The molecule has 1 aromatic rings. The number of hydrogen-bond donors (Lipinski definition) is 6. The zero-order chi connectivity index (χ0) is 37.1. The molecule has 4 saturated carbocycles. The van der Waals surface area contributed by atoms with Crippen LogP contribution in [-0.4, -0.2) is 68.7 Å². The summed E-state index contributed by atoms with van der Waals surface area (Å²) in [6.45, 7) is 19.7. The van der Waals surface area contributed by atoms with Crippen molar-refractivity contribution in [2.75, 3.05) is 46.4 Å². The lowest BCUT2D eigenvalue weighted by Crippen LogP contribution is -2.59. The van der Waals surface area contributed by atoms with E-state index in [1.165, 1.54) is 83.5 Å². The molecule has 0 amide bonds. The molecule has 4 aliphatic rings. The number of phenols is 1. The van der Waals surface area contributed by atoms with Crippen LogP contribution in [-0.2, 0) is 6.54 Å². The topological polar surface area (TPSA) is 97.8 Å². The van der Waals surface area contributed by atoms with Gasteiger partial charge in [-0.05, 0) is 186 Å². The molecule has 0 spiro atoms. The van der Waals surface area contributed by atoms with E-state index in [0.717, 1.165) is 93.8 Å². The second-order valence-corrected chi connectivity index (χ2v) is 18.8. The quantitative estimate of drug-likeness (QED) is 0.0671. The van der Waals surface area contributed by atoms with Crippen molar-refractivity contribution in [2.24, 2.45) is 52.3 Å². The number of aliphatic hydroxyl groups is 1. The molecule has 0 radical (unpaired) electrons. The predicted molar refractivity (Wildman–Crippen MR) is 217 cm³/mol. The highest BCUT2D eigenvalue weighted by Gasteiger charge is 2.62. The van der Waals surface area contributed by atoms with E-state index in [1.807, 2.05) is 12.1 Å². The van der Waals surface area contributed by atoms with Gasteiger partial charge in [0.1, 0.15) is 0 Å². The van der Waals surface area contributed by atoms with Crippen LogP contribution >= 0.6 is 0 Å². The van der Waals surface area contributed by atoms with Crippen molar-refractivity contribution in [2.45, 2.75) is 150 Å². The van der Waals surface area contributed by atoms with Crippen molar-refractivity contribution in [1.29, 1.82) is 0 Å². The molecular formula is C45H80N4O3. The number of ether oxygens (including phenoxy) is 1. The molecular weight excluding hydrogens is 645 g/mol. The number of benzene rings is 1. The maximum absolute atomic E-state index is 11.9. The highest BCUT2D eigenvalue weighted by molar-refractivity contribution is 5.41. The average Bonchev–Trinajstić information content (AvgIpc) is 3.47. The molecule has 52 heavy (non-hydrogen) atoms. The predicted octanol–water partition coefficient (Wildman–Crippen LogP) is 8.28. The van der Waals surface area contributed by atoms with Crippen LogP contribution < -0.4 is 26.0 Å². The van der Waals surface area contributed by atoms with Crippen LogP contribution in [0.3, 0.4) is 0 Å². The highest BCUT2D eigenvalue weighted by atomic mass is 16.5. The van der Waals surface area contributed by atoms with E-state index in [0.29, 0.717) is 34.5 Å². The van der Waals surface area contributed by atoms with Gasteiger partial charge < -0.3 is 36.2 Å². The van der Waals surface area contributed by atoms with Gasteiger partial charge in [-0.1, -0.05) is 59.9 Å². The summed E-state index contributed by atoms with van der Waals surface area (Å²) in [6.07, 6.45) is 19.2. The molecule has 0 bridgehead atoms. The van der Waals surface area contributed by atoms with E-state index in [4.69, 9.17) is 4.74 Å². The molecule has 298 valence electrons. The number of unbranched alkanes of at least 4 members (excludes halogenated alkanes) is 1. The minimum absolute atomic E-state index is 0.0921. The van der Waals surface area contributed by atoms with Gasteiger partial charge in [-0.15, -0.1) is 0 Å². The fraction of sp³-hybridized carbons (Fsp3) is 0.867. The smallest absolute Gasteiger partial charge is 0.160 e. The number of rotatable bonds is 22. The van der Waals surface area contributed by atoms with Gasteiger partial charge in [0.2, 0.25) is 0 Å². The van der Waals surface area contributed by atoms with Crippen molar-refractivity contribution < 1.29 is 14.9 Å². The molecule has 7 nitrogen and oxygen atoms in total. The Morgan fingerprint density at radius 2 is 1.44 bits per heavy atom. The standard InChI is InChI=1S/C45H80N4O3/c1-32(2)12-9-13-33(3)37-15-16-38-43-39(19-21-45(37,38)5)44(4)20-18-36(29-35(44)30-41(43)51)49-27-11-25-47-23-8-7-22-46-24-10-26-48-31-34-14-17-42(52-6)40(50)28-34/h14,17,28,32-33,35-39,41,43,46-51H,7-13,15-16,18-27,29-31H2,1-6H3/t33-,35-,36+,37-,38?,39?,41+,43?,44+,45-/m1/s1. The van der Waals surface area contributed by atoms with Crippen molar-refractivity contribution in [3.8, 4) is 11.5 Å². The van der Waals surface area contributed by atoms with E-state index < -0.39 is 0 Å². The molecule has 4 aliphatic carbocycles. The Morgan fingerprint density at radius 1 is 0.769 bits per heavy atom. The van der Waals surface area contributed by atoms with Crippen LogP contribution in [0, 0.1) is 52.3 Å². The number of aromatic hydroxyl groups is 1. The van der Waals surface area contributed by atoms with Crippen LogP contribution in [0.25, 0.3) is 0 Å². The first kappa shape index (κ1) is 41.8. The van der Waals surface area contributed by atoms with Crippen LogP contribution in [0.15, 0.2) is 18.2 Å². The second-order valence-electron chi connectivity index (χ2n) is 18.8. The third-order valence-electron chi connectivity index (χ3n) is 15.1. The summed E-state index contributed by atoms with van der Waals surface area (Å²) >= 11 is 0. The van der Waals surface area contributed by atoms with Gasteiger partial charge in [-0.3, -0.25) is 0 Å². The van der Waals surface area contributed by atoms with Gasteiger partial charge in [0.05, 0.1) is 13.2 Å². The molecule has 10 atom stereocenters. The number of nitrogens with one attached hydrogen (secondary N) is 4. The Bertz CT molecular complexity index is 1200. The summed E-state index contributed by atoms with van der Waals surface area (Å²) < 4.78 is 5.11. The Kier molecular flexibility index (Phi) is 16.1. The zero-order valence-electron chi connectivity index (χ0n) is 34.3. The minimum atomic E-state index is -0.0921. The van der Waals surface area contributed by atoms with Crippen molar-refractivity contribution in [1.82, 2.24) is 21.3 Å². The molecule has 0 heterocycles. The van der Waals surface area contributed by atoms with Crippen LogP contribution in [0.2, 0.25) is 0 Å². The fourth-order valence-electron chi connectivity index (χ4n) is 12.1. The van der Waals surface area contributed by atoms with E-state index in [1.54, 1.807) is 13.2 Å². The Labute approximate surface area is 319 Å². The molecule has 4 fully saturated rings. The first-order chi connectivity index (χ1) is 25.1. The lowest BCUT2D eigenvalue weighted by atomic mass is 9.43. The lowest BCUT2D eigenvalue weighted by molar-refractivity contribution is -0.167. The summed E-state index contributed by atoms with van der Waals surface area (Å²) in [7, 11) is 1.57. The number of fused-ring (bicyclic) bond motifs is 5. The van der Waals surface area contributed by atoms with Gasteiger partial charge in [0, 0.05) is 12.6 Å². The number of hydrogen-bond acceptors (Lipinski definition) is 7. The molecule has 1 aromatic carbocycles. The molecule has 0 saturated heterocycles. The number of phenolic OH excluding ortho intramolecular Hbond substituents is 1. The summed E-state index contributed by atoms with van der Waals surface area (Å²) in [5.41, 5.74) is 1.92. The van der Waals surface area contributed by atoms with Crippen LogP contribution in [0.1, 0.15) is 136 Å². The molecule has 0 aromatic heterocycles. The summed E-state index contributed by atoms with van der Waals surface area (Å²) in [5, 5.41) is 36.4. The largest absolute Gasteiger partial charge is 0.504 e. The van der Waals surface area contributed by atoms with E-state index >= 15 is 0 Å². The maximum atomic E-state index is 11.9. The monoisotopic (exact) mass is 725 g/mol. The van der Waals surface area contributed by atoms with Crippen molar-refractivity contribution in [3.63, 3.8) is 0 Å². The first-order valence-corrected chi connectivity index (χ1v) is 22.0. The highest BCUT2D eigenvalue weighted by Crippen LogP contribution is 2.68. The molecule has 5 rings (SSSR count). The zero-order valence-corrected chi connectivity index (χ0v) is 34.3. The Balaban J connectivity index is 0.901. The Hall–Kier alpha value is -1.38. The van der Waals surface area contributed by atoms with Crippen LogP contribution in [0.5, 0.6) is 11.5 Å². The van der Waals surface area contributed by atoms with Crippen LogP contribution in [0.4, 0.5) is 0 Å². The van der Waals surface area contributed by atoms with Crippen molar-refractivity contribution >= 4 is 0 Å². The fourth-order valence-corrected chi connectivity index (χ4v) is 12.1. The average molecular weight is 725 g/mol. The van der Waals surface area contributed by atoms with Gasteiger partial charge in [-0.2, -0.15) is 0 Å². The van der Waals surface area contributed by atoms with Gasteiger partial charge in [0.25, 0.3) is 0 Å². The third kappa shape index (κ3) is 10.5. The van der Waals surface area contributed by atoms with E-state index in [-0.39, 0.29) is 11.9 Å².